The van der Waals surface area contributed by atoms with Gasteiger partial charge in [-0.15, -0.1) is 11.3 Å². The molecule has 0 spiro atoms. The molecule has 0 aliphatic carbocycles. The molecule has 0 bridgehead atoms. The zero-order valence-corrected chi connectivity index (χ0v) is 12.3. The van der Waals surface area contributed by atoms with Crippen molar-refractivity contribution in [1.82, 2.24) is 5.32 Å². The molecule has 0 aliphatic rings. The summed E-state index contributed by atoms with van der Waals surface area (Å²) in [6, 6.07) is 1.51. The van der Waals surface area contributed by atoms with Gasteiger partial charge in [0.2, 0.25) is 0 Å². The summed E-state index contributed by atoms with van der Waals surface area (Å²) in [5.41, 5.74) is 0. The Labute approximate surface area is 113 Å². The monoisotopic (exact) mass is 321 g/mol. The number of nitrogens with one attached hydrogen (secondary N) is 1. The van der Waals surface area contributed by atoms with Crippen molar-refractivity contribution < 1.29 is 14.3 Å². The number of carbonyl (C=O) groups is 1. The maximum atomic E-state index is 11.8. The van der Waals surface area contributed by atoms with Crippen LogP contribution in [0, 0.1) is 0 Å². The summed E-state index contributed by atoms with van der Waals surface area (Å²) < 4.78 is 11.0. The van der Waals surface area contributed by atoms with Crippen LogP contribution >= 0.6 is 27.3 Å². The second-order valence-corrected chi connectivity index (χ2v) is 5.16. The van der Waals surface area contributed by atoms with E-state index in [0.717, 1.165) is 9.35 Å². The average molecular weight is 322 g/mol. The Bertz CT molecular complexity index is 356. The van der Waals surface area contributed by atoms with Crippen LogP contribution in [-0.2, 0) is 14.3 Å². The van der Waals surface area contributed by atoms with Crippen molar-refractivity contribution in [3.63, 3.8) is 0 Å². The van der Waals surface area contributed by atoms with E-state index >= 15 is 0 Å². The predicted molar refractivity (Wildman–Crippen MR) is 71.3 cm³/mol. The fourth-order valence-corrected chi connectivity index (χ4v) is 2.82. The normalized spacial score (nSPS) is 12.4. The van der Waals surface area contributed by atoms with Gasteiger partial charge in [0.15, 0.2) is 0 Å². The minimum absolute atomic E-state index is 0.252. The highest BCUT2D eigenvalue weighted by molar-refractivity contribution is 9.10. The SMILES string of the molecule is CCOC(=O)C(NCCOC)c1cc(Br)cs1. The molecular formula is C11H16BrNO3S. The molecule has 0 saturated heterocycles. The van der Waals surface area contributed by atoms with E-state index in [1.807, 2.05) is 11.4 Å². The zero-order valence-electron chi connectivity index (χ0n) is 9.86. The molecule has 0 radical (unpaired) electrons. The van der Waals surface area contributed by atoms with Crippen LogP contribution in [0.25, 0.3) is 0 Å². The molecule has 0 aromatic carbocycles. The molecule has 1 atom stereocenters. The van der Waals surface area contributed by atoms with E-state index in [-0.39, 0.29) is 5.97 Å². The molecule has 6 heteroatoms. The minimum Gasteiger partial charge on any atom is -0.465 e. The molecule has 0 saturated carbocycles. The number of hydrogen-bond donors (Lipinski definition) is 1. The number of ether oxygens (including phenoxy) is 2. The van der Waals surface area contributed by atoms with Gasteiger partial charge in [-0.1, -0.05) is 0 Å². The maximum Gasteiger partial charge on any atom is 0.328 e. The van der Waals surface area contributed by atoms with Gasteiger partial charge in [0.05, 0.1) is 13.2 Å². The fraction of sp³-hybridized carbons (Fsp3) is 0.545. The molecule has 0 amide bonds. The van der Waals surface area contributed by atoms with E-state index in [1.165, 1.54) is 11.3 Å². The summed E-state index contributed by atoms with van der Waals surface area (Å²) >= 11 is 4.90. The third-order valence-corrected chi connectivity index (χ3v) is 3.81. The first-order valence-corrected chi connectivity index (χ1v) is 6.99. The highest BCUT2D eigenvalue weighted by Gasteiger charge is 2.22. The summed E-state index contributed by atoms with van der Waals surface area (Å²) in [6.45, 7) is 3.35. The van der Waals surface area contributed by atoms with E-state index < -0.39 is 6.04 Å². The van der Waals surface area contributed by atoms with Crippen molar-refractivity contribution in [3.8, 4) is 0 Å². The molecule has 1 unspecified atom stereocenters. The predicted octanol–water partition coefficient (Wildman–Crippen LogP) is 2.35. The van der Waals surface area contributed by atoms with Crippen LogP contribution < -0.4 is 5.32 Å². The third kappa shape index (κ3) is 4.75. The molecule has 1 aromatic heterocycles. The van der Waals surface area contributed by atoms with Gasteiger partial charge in [-0.05, 0) is 28.9 Å². The fourth-order valence-electron chi connectivity index (χ4n) is 1.31. The number of rotatable bonds is 7. The highest BCUT2D eigenvalue weighted by atomic mass is 79.9. The molecule has 0 fully saturated rings. The number of carbonyl (C=O) groups excluding carboxylic acids is 1. The van der Waals surface area contributed by atoms with Crippen molar-refractivity contribution in [2.45, 2.75) is 13.0 Å². The Hall–Kier alpha value is -0.430. The maximum absolute atomic E-state index is 11.8. The standard InChI is InChI=1S/C11H16BrNO3S/c1-3-16-11(14)10(13-4-5-15-2)9-6-8(12)7-17-9/h6-7,10,13H,3-5H2,1-2H3. The molecule has 17 heavy (non-hydrogen) atoms. The van der Waals surface area contributed by atoms with Crippen molar-refractivity contribution in [2.75, 3.05) is 26.9 Å². The molecule has 1 N–H and O–H groups in total. The van der Waals surface area contributed by atoms with Crippen LogP contribution in [0.5, 0.6) is 0 Å². The van der Waals surface area contributed by atoms with E-state index in [0.29, 0.717) is 19.8 Å². The molecule has 96 valence electrons. The largest absolute Gasteiger partial charge is 0.465 e. The van der Waals surface area contributed by atoms with Crippen molar-refractivity contribution >= 4 is 33.2 Å². The minimum atomic E-state index is -0.415. The second-order valence-electron chi connectivity index (χ2n) is 3.30. The quantitative estimate of drug-likeness (QED) is 0.618. The van der Waals surface area contributed by atoms with Gasteiger partial charge >= 0.3 is 5.97 Å². The lowest BCUT2D eigenvalue weighted by Gasteiger charge is -2.15. The van der Waals surface area contributed by atoms with Gasteiger partial charge in [-0.25, -0.2) is 4.79 Å². The molecule has 1 rings (SSSR count). The summed E-state index contributed by atoms with van der Waals surface area (Å²) in [6.07, 6.45) is 0. The second kappa shape index (κ2) is 7.81. The number of methoxy groups -OCH3 is 1. The lowest BCUT2D eigenvalue weighted by Crippen LogP contribution is -2.31. The lowest BCUT2D eigenvalue weighted by molar-refractivity contribution is -0.145. The van der Waals surface area contributed by atoms with Crippen molar-refractivity contribution in [1.29, 1.82) is 0 Å². The third-order valence-electron chi connectivity index (χ3n) is 2.05. The van der Waals surface area contributed by atoms with Gasteiger partial charge in [-0.2, -0.15) is 0 Å². The van der Waals surface area contributed by atoms with Gasteiger partial charge in [0.25, 0.3) is 0 Å². The van der Waals surface area contributed by atoms with E-state index in [4.69, 9.17) is 9.47 Å². The Morgan fingerprint density at radius 2 is 2.41 bits per heavy atom. The Balaban J connectivity index is 2.68. The number of halogens is 1. The molecule has 1 aromatic rings. The van der Waals surface area contributed by atoms with Crippen LogP contribution in [0.15, 0.2) is 15.9 Å². The van der Waals surface area contributed by atoms with Gasteiger partial charge < -0.3 is 9.47 Å². The van der Waals surface area contributed by atoms with E-state index in [9.17, 15) is 4.79 Å². The zero-order chi connectivity index (χ0) is 12.7. The first-order chi connectivity index (χ1) is 8.19. The topological polar surface area (TPSA) is 47.6 Å². The molecule has 1 heterocycles. The van der Waals surface area contributed by atoms with Crippen molar-refractivity contribution in [2.24, 2.45) is 0 Å². The van der Waals surface area contributed by atoms with Crippen LogP contribution in [0.3, 0.4) is 0 Å². The van der Waals surface area contributed by atoms with Crippen LogP contribution in [-0.4, -0.2) is 32.8 Å². The summed E-state index contributed by atoms with van der Waals surface area (Å²) in [7, 11) is 1.63. The Morgan fingerprint density at radius 1 is 1.65 bits per heavy atom. The van der Waals surface area contributed by atoms with Crippen molar-refractivity contribution in [3.05, 3.63) is 20.8 Å². The van der Waals surface area contributed by atoms with Gasteiger partial charge in [-0.3, -0.25) is 5.32 Å². The van der Waals surface area contributed by atoms with Gasteiger partial charge in [0, 0.05) is 28.4 Å². The number of hydrogen-bond acceptors (Lipinski definition) is 5. The highest BCUT2D eigenvalue weighted by Crippen LogP contribution is 2.26. The first-order valence-electron chi connectivity index (χ1n) is 5.32. The summed E-state index contributed by atoms with van der Waals surface area (Å²) in [4.78, 5) is 12.7. The van der Waals surface area contributed by atoms with E-state index in [1.54, 1.807) is 14.0 Å². The van der Waals surface area contributed by atoms with Gasteiger partial charge in [0.1, 0.15) is 6.04 Å². The van der Waals surface area contributed by atoms with Crippen LogP contribution in [0.2, 0.25) is 0 Å². The van der Waals surface area contributed by atoms with Crippen LogP contribution in [0.4, 0.5) is 0 Å². The number of esters is 1. The lowest BCUT2D eigenvalue weighted by atomic mass is 10.2. The van der Waals surface area contributed by atoms with Crippen LogP contribution in [0.1, 0.15) is 17.8 Å². The molecule has 0 aliphatic heterocycles. The summed E-state index contributed by atoms with van der Waals surface area (Å²) in [5, 5.41) is 5.07. The first kappa shape index (κ1) is 14.6. The Morgan fingerprint density at radius 3 is 2.94 bits per heavy atom. The summed E-state index contributed by atoms with van der Waals surface area (Å²) in [5.74, 6) is -0.252. The number of thiophene rings is 1. The smallest absolute Gasteiger partial charge is 0.328 e. The van der Waals surface area contributed by atoms with E-state index in [2.05, 4.69) is 21.2 Å². The molecule has 4 nitrogen and oxygen atoms in total. The molecular weight excluding hydrogens is 306 g/mol. The average Bonchev–Trinajstić information content (AvgIpc) is 2.71. The Kier molecular flexibility index (Phi) is 6.72.